The van der Waals surface area contributed by atoms with E-state index in [-0.39, 0.29) is 50.2 Å². The van der Waals surface area contributed by atoms with Crippen LogP contribution in [0.25, 0.3) is 0 Å². The summed E-state index contributed by atoms with van der Waals surface area (Å²) >= 11 is 1.16. The number of alkyl halides is 3. The molecule has 2 aromatic heterocycles. The third-order valence-electron chi connectivity index (χ3n) is 6.01. The number of hydrogen-bond acceptors (Lipinski definition) is 8. The number of aromatic nitrogens is 3. The molecule has 3 amide bonds. The molecule has 4 heterocycles. The summed E-state index contributed by atoms with van der Waals surface area (Å²) in [7, 11) is 0. The molecule has 5 rings (SSSR count). The van der Waals surface area contributed by atoms with Gasteiger partial charge in [0.05, 0.1) is 24.4 Å². The van der Waals surface area contributed by atoms with Gasteiger partial charge in [0.2, 0.25) is 11.8 Å². The Hall–Kier alpha value is -3.78. The van der Waals surface area contributed by atoms with Gasteiger partial charge in [0.15, 0.2) is 5.92 Å². The van der Waals surface area contributed by atoms with Gasteiger partial charge in [0.25, 0.3) is 0 Å². The van der Waals surface area contributed by atoms with Crippen LogP contribution < -0.4 is 4.74 Å². The van der Waals surface area contributed by atoms with Gasteiger partial charge in [-0.15, -0.1) is 11.3 Å². The Labute approximate surface area is 212 Å². The fourth-order valence-electron chi connectivity index (χ4n) is 4.16. The predicted molar refractivity (Wildman–Crippen MR) is 122 cm³/mol. The van der Waals surface area contributed by atoms with E-state index in [0.29, 0.717) is 4.90 Å². The average molecular weight is 536 g/mol. The fraction of sp³-hybridized carbons (Fsp3) is 0.348. The van der Waals surface area contributed by atoms with Crippen molar-refractivity contribution in [1.29, 1.82) is 0 Å². The molecule has 2 aliphatic heterocycles. The van der Waals surface area contributed by atoms with Crippen molar-refractivity contribution in [2.45, 2.75) is 18.8 Å². The summed E-state index contributed by atoms with van der Waals surface area (Å²) in [5.41, 5.74) is 1.89. The molecule has 1 aromatic carbocycles. The molecular formula is C23H20F3N5O5S. The van der Waals surface area contributed by atoms with Crippen LogP contribution in [-0.2, 0) is 16.1 Å². The number of carbonyl (C=O) groups is 3. The first-order valence-corrected chi connectivity index (χ1v) is 12.2. The number of nitrogens with zero attached hydrogens (tertiary/aromatic N) is 5. The molecule has 2 aliphatic rings. The van der Waals surface area contributed by atoms with E-state index in [9.17, 15) is 27.6 Å². The molecule has 2 unspecified atom stereocenters. The van der Waals surface area contributed by atoms with Crippen LogP contribution in [0.4, 0.5) is 18.0 Å². The number of benzene rings is 1. The lowest BCUT2D eigenvalue weighted by molar-refractivity contribution is -0.223. The van der Waals surface area contributed by atoms with E-state index in [1.807, 2.05) is 6.07 Å². The number of halogens is 3. The third-order valence-corrected chi connectivity index (χ3v) is 6.60. The third kappa shape index (κ3) is 4.81. The van der Waals surface area contributed by atoms with Crippen molar-refractivity contribution < 1.29 is 37.0 Å². The Morgan fingerprint density at radius 2 is 1.89 bits per heavy atom. The Bertz CT molecular complexity index is 1290. The van der Waals surface area contributed by atoms with Crippen molar-refractivity contribution in [1.82, 2.24) is 24.6 Å². The zero-order valence-electron chi connectivity index (χ0n) is 19.1. The van der Waals surface area contributed by atoms with Gasteiger partial charge in [-0.3, -0.25) is 14.5 Å². The van der Waals surface area contributed by atoms with Crippen LogP contribution in [0.15, 0.2) is 47.3 Å². The molecule has 0 spiro atoms. The van der Waals surface area contributed by atoms with E-state index in [1.54, 1.807) is 24.3 Å². The fourth-order valence-corrected chi connectivity index (χ4v) is 4.69. The minimum Gasteiger partial charge on any atom is -0.473 e. The number of ether oxygens (including phenoxy) is 2. The van der Waals surface area contributed by atoms with Crippen LogP contribution in [0.5, 0.6) is 5.88 Å². The average Bonchev–Trinajstić information content (AvgIpc) is 3.56. The SMILES string of the molecule is O=C1C(C(F)(F)F)C(c2cc(OCc3ccccc3)n(C(=O)c3cscn3)n2)N1C(=O)N1CCOCC1. The molecule has 2 atom stereocenters. The summed E-state index contributed by atoms with van der Waals surface area (Å²) in [5.74, 6) is -4.73. The van der Waals surface area contributed by atoms with Crippen LogP contribution in [0.3, 0.4) is 0 Å². The van der Waals surface area contributed by atoms with Crippen molar-refractivity contribution in [3.8, 4) is 5.88 Å². The Morgan fingerprint density at radius 1 is 1.16 bits per heavy atom. The molecule has 2 saturated heterocycles. The normalized spacial score (nSPS) is 20.0. The quantitative estimate of drug-likeness (QED) is 0.462. The smallest absolute Gasteiger partial charge is 0.402 e. The Kier molecular flexibility index (Phi) is 6.69. The number of urea groups is 1. The van der Waals surface area contributed by atoms with Crippen molar-refractivity contribution >= 4 is 29.2 Å². The molecule has 194 valence electrons. The lowest BCUT2D eigenvalue weighted by atomic mass is 9.84. The van der Waals surface area contributed by atoms with Crippen molar-refractivity contribution in [3.05, 3.63) is 64.2 Å². The number of amides is 3. The van der Waals surface area contributed by atoms with E-state index in [4.69, 9.17) is 9.47 Å². The molecule has 3 aromatic rings. The number of thiazole rings is 1. The maximum atomic E-state index is 13.9. The topological polar surface area (TPSA) is 107 Å². The van der Waals surface area contributed by atoms with Gasteiger partial charge in [-0.05, 0) is 5.56 Å². The van der Waals surface area contributed by atoms with Crippen molar-refractivity contribution in [2.24, 2.45) is 5.92 Å². The van der Waals surface area contributed by atoms with Crippen LogP contribution in [0.2, 0.25) is 0 Å². The number of rotatable bonds is 5. The number of likely N-dealkylation sites (tertiary alicyclic amines) is 1. The van der Waals surface area contributed by atoms with E-state index in [1.165, 1.54) is 15.8 Å². The molecule has 0 aliphatic carbocycles. The zero-order chi connectivity index (χ0) is 26.2. The summed E-state index contributed by atoms with van der Waals surface area (Å²) in [5, 5.41) is 5.56. The molecule has 37 heavy (non-hydrogen) atoms. The number of β-lactam (4-membered cyclic amide) rings is 1. The van der Waals surface area contributed by atoms with Gasteiger partial charge in [0.1, 0.15) is 18.3 Å². The van der Waals surface area contributed by atoms with Crippen molar-refractivity contribution in [2.75, 3.05) is 26.3 Å². The first kappa shape index (κ1) is 24.9. The highest BCUT2D eigenvalue weighted by Gasteiger charge is 2.65. The maximum absolute atomic E-state index is 13.9. The van der Waals surface area contributed by atoms with Crippen LogP contribution in [-0.4, -0.2) is 74.9 Å². The van der Waals surface area contributed by atoms with Gasteiger partial charge < -0.3 is 14.4 Å². The minimum atomic E-state index is -4.93. The van der Waals surface area contributed by atoms with Gasteiger partial charge in [-0.25, -0.2) is 9.78 Å². The lowest BCUT2D eigenvalue weighted by Crippen LogP contribution is -2.65. The van der Waals surface area contributed by atoms with Gasteiger partial charge in [-0.2, -0.15) is 23.0 Å². The van der Waals surface area contributed by atoms with E-state index < -0.39 is 36.0 Å². The molecule has 0 saturated carbocycles. The molecule has 0 bridgehead atoms. The summed E-state index contributed by atoms with van der Waals surface area (Å²) in [6.45, 7) is 0.673. The molecule has 2 fully saturated rings. The Balaban J connectivity index is 1.51. The number of carbonyl (C=O) groups excluding carboxylic acids is 3. The monoisotopic (exact) mass is 535 g/mol. The van der Waals surface area contributed by atoms with E-state index in [0.717, 1.165) is 27.6 Å². The highest BCUT2D eigenvalue weighted by Crippen LogP contribution is 2.49. The highest BCUT2D eigenvalue weighted by atomic mass is 32.1. The van der Waals surface area contributed by atoms with Gasteiger partial charge in [0, 0.05) is 24.5 Å². The maximum Gasteiger partial charge on any atom is 0.402 e. The Morgan fingerprint density at radius 3 is 2.54 bits per heavy atom. The summed E-state index contributed by atoms with van der Waals surface area (Å²) in [4.78, 5) is 44.4. The molecule has 0 radical (unpaired) electrons. The van der Waals surface area contributed by atoms with Gasteiger partial charge >= 0.3 is 18.1 Å². The highest BCUT2D eigenvalue weighted by molar-refractivity contribution is 7.07. The summed E-state index contributed by atoms with van der Waals surface area (Å²) in [6.07, 6.45) is -4.93. The second kappa shape index (κ2) is 9.94. The number of morpholine rings is 1. The first-order chi connectivity index (χ1) is 17.8. The van der Waals surface area contributed by atoms with Crippen LogP contribution >= 0.6 is 11.3 Å². The zero-order valence-corrected chi connectivity index (χ0v) is 19.9. The summed E-state index contributed by atoms with van der Waals surface area (Å²) in [6, 6.07) is 7.45. The standard InChI is InChI=1S/C23H20F3N5O5S/c24-23(25,26)18-19(30(21(18)33)22(34)29-6-8-35-9-7-29)15-10-17(36-11-14-4-2-1-3-5-14)31(28-15)20(32)16-12-37-13-27-16/h1-5,10,12-13,18-19H,6-9,11H2. The summed E-state index contributed by atoms with van der Waals surface area (Å²) < 4.78 is 53.4. The molecule has 10 nitrogen and oxygen atoms in total. The van der Waals surface area contributed by atoms with Crippen molar-refractivity contribution in [3.63, 3.8) is 0 Å². The largest absolute Gasteiger partial charge is 0.473 e. The van der Waals surface area contributed by atoms with Gasteiger partial charge in [-0.1, -0.05) is 30.3 Å². The number of imide groups is 1. The van der Waals surface area contributed by atoms with E-state index >= 15 is 0 Å². The molecular weight excluding hydrogens is 515 g/mol. The lowest BCUT2D eigenvalue weighted by Gasteiger charge is -2.47. The predicted octanol–water partition coefficient (Wildman–Crippen LogP) is 3.12. The molecule has 14 heteroatoms. The molecule has 0 N–H and O–H groups in total. The first-order valence-electron chi connectivity index (χ1n) is 11.2. The van der Waals surface area contributed by atoms with E-state index in [2.05, 4.69) is 10.1 Å². The number of hydrogen-bond donors (Lipinski definition) is 0. The van der Waals surface area contributed by atoms with Crippen LogP contribution in [0.1, 0.15) is 27.8 Å². The second-order valence-electron chi connectivity index (χ2n) is 8.33. The minimum absolute atomic E-state index is 0.000954. The van der Waals surface area contributed by atoms with Crippen LogP contribution in [0, 0.1) is 5.92 Å². The second-order valence-corrected chi connectivity index (χ2v) is 9.05.